The highest BCUT2D eigenvalue weighted by Crippen LogP contribution is 2.18. The number of benzene rings is 1. The molecule has 8 heteroatoms. The number of carbonyl (C=O) groups is 1. The van der Waals surface area contributed by atoms with E-state index < -0.39 is 21.8 Å². The molecule has 1 aromatic carbocycles. The third-order valence-corrected chi connectivity index (χ3v) is 4.48. The quantitative estimate of drug-likeness (QED) is 0.850. The van der Waals surface area contributed by atoms with Gasteiger partial charge in [0.05, 0.1) is 10.5 Å². The number of hydrogen-bond acceptors (Lipinski definition) is 4. The number of carboxylic acids is 1. The molecule has 0 atom stereocenters. The topological polar surface area (TPSA) is 98.5 Å². The van der Waals surface area contributed by atoms with Crippen LogP contribution in [-0.2, 0) is 14.8 Å². The van der Waals surface area contributed by atoms with Crippen molar-refractivity contribution in [2.75, 3.05) is 13.6 Å². The predicted molar refractivity (Wildman–Crippen MR) is 67.8 cm³/mol. The molecule has 0 saturated heterocycles. The van der Waals surface area contributed by atoms with E-state index in [1.54, 1.807) is 6.07 Å². The summed E-state index contributed by atoms with van der Waals surface area (Å²) >= 11 is 0. The van der Waals surface area contributed by atoms with Crippen LogP contribution in [0.15, 0.2) is 23.1 Å². The van der Waals surface area contributed by atoms with Crippen LogP contribution in [0, 0.1) is 17.1 Å². The lowest BCUT2D eigenvalue weighted by Gasteiger charge is -2.16. The second kappa shape index (κ2) is 6.45. The molecule has 0 amide bonds. The van der Waals surface area contributed by atoms with E-state index in [0.29, 0.717) is 0 Å². The molecule has 0 unspecified atom stereocenters. The Morgan fingerprint density at radius 3 is 2.70 bits per heavy atom. The summed E-state index contributed by atoms with van der Waals surface area (Å²) in [6.07, 6.45) is 0.0179. The van der Waals surface area contributed by atoms with Crippen LogP contribution >= 0.6 is 0 Å². The van der Waals surface area contributed by atoms with Crippen molar-refractivity contribution in [2.24, 2.45) is 0 Å². The molecule has 6 nitrogen and oxygen atoms in total. The first-order chi connectivity index (χ1) is 9.28. The Hall–Kier alpha value is -1.98. The van der Waals surface area contributed by atoms with Gasteiger partial charge in [-0.3, -0.25) is 4.79 Å². The van der Waals surface area contributed by atoms with Crippen LogP contribution < -0.4 is 0 Å². The maximum atomic E-state index is 13.2. The van der Waals surface area contributed by atoms with Crippen molar-refractivity contribution in [1.82, 2.24) is 4.31 Å². The molecule has 20 heavy (non-hydrogen) atoms. The molecule has 0 saturated carbocycles. The second-order valence-electron chi connectivity index (χ2n) is 4.08. The van der Waals surface area contributed by atoms with Gasteiger partial charge in [0.15, 0.2) is 0 Å². The standard InChI is InChI=1S/C12H13FN2O4S/c1-15(6-2-3-12(16)17)20(18,19)10-4-5-11(13)9(7-10)8-14/h4-5,7H,2-3,6H2,1H3,(H,16,17). The molecule has 108 valence electrons. The lowest BCUT2D eigenvalue weighted by Crippen LogP contribution is -2.28. The first-order valence-electron chi connectivity index (χ1n) is 5.67. The smallest absolute Gasteiger partial charge is 0.303 e. The largest absolute Gasteiger partial charge is 0.481 e. The molecule has 0 aliphatic carbocycles. The van der Waals surface area contributed by atoms with Gasteiger partial charge in [0.2, 0.25) is 10.0 Å². The number of rotatable bonds is 6. The van der Waals surface area contributed by atoms with Gasteiger partial charge < -0.3 is 5.11 Å². The van der Waals surface area contributed by atoms with E-state index in [4.69, 9.17) is 10.4 Å². The van der Waals surface area contributed by atoms with Gasteiger partial charge in [-0.25, -0.2) is 17.1 Å². The molecule has 0 spiro atoms. The van der Waals surface area contributed by atoms with Crippen LogP contribution in [0.1, 0.15) is 18.4 Å². The van der Waals surface area contributed by atoms with Crippen molar-refractivity contribution in [3.05, 3.63) is 29.6 Å². The van der Waals surface area contributed by atoms with Gasteiger partial charge in [-0.15, -0.1) is 0 Å². The van der Waals surface area contributed by atoms with E-state index in [-0.39, 0.29) is 29.8 Å². The molecule has 1 rings (SSSR count). The number of carboxylic acid groups (broad SMARTS) is 1. The maximum absolute atomic E-state index is 13.2. The van der Waals surface area contributed by atoms with Crippen molar-refractivity contribution in [1.29, 1.82) is 5.26 Å². The number of halogens is 1. The molecular formula is C12H13FN2O4S. The van der Waals surface area contributed by atoms with Gasteiger partial charge in [0, 0.05) is 20.0 Å². The molecule has 0 radical (unpaired) electrons. The lowest BCUT2D eigenvalue weighted by atomic mass is 10.2. The zero-order chi connectivity index (χ0) is 15.3. The van der Waals surface area contributed by atoms with Crippen LogP contribution in [-0.4, -0.2) is 37.4 Å². The number of nitrogens with zero attached hydrogens (tertiary/aromatic N) is 2. The number of aliphatic carboxylic acids is 1. The summed E-state index contributed by atoms with van der Waals surface area (Å²) in [5, 5.41) is 17.2. The lowest BCUT2D eigenvalue weighted by molar-refractivity contribution is -0.137. The number of sulfonamides is 1. The summed E-state index contributed by atoms with van der Waals surface area (Å²) in [5.74, 6) is -1.80. The Balaban J connectivity index is 2.93. The molecule has 0 bridgehead atoms. The van der Waals surface area contributed by atoms with E-state index in [2.05, 4.69) is 0 Å². The van der Waals surface area contributed by atoms with Gasteiger partial charge in [0.25, 0.3) is 0 Å². The second-order valence-corrected chi connectivity index (χ2v) is 6.12. The summed E-state index contributed by atoms with van der Waals surface area (Å²) in [4.78, 5) is 10.2. The summed E-state index contributed by atoms with van der Waals surface area (Å²) < 4.78 is 38.4. The minimum atomic E-state index is -3.86. The minimum Gasteiger partial charge on any atom is -0.481 e. The third-order valence-electron chi connectivity index (χ3n) is 2.63. The van der Waals surface area contributed by atoms with Crippen LogP contribution in [0.5, 0.6) is 0 Å². The highest BCUT2D eigenvalue weighted by molar-refractivity contribution is 7.89. The Morgan fingerprint density at radius 2 is 2.15 bits per heavy atom. The Morgan fingerprint density at radius 1 is 1.50 bits per heavy atom. The first-order valence-corrected chi connectivity index (χ1v) is 7.11. The average molecular weight is 300 g/mol. The van der Waals surface area contributed by atoms with Crippen LogP contribution in [0.4, 0.5) is 4.39 Å². The van der Waals surface area contributed by atoms with E-state index in [9.17, 15) is 17.6 Å². The van der Waals surface area contributed by atoms with Gasteiger partial charge in [-0.05, 0) is 24.6 Å². The van der Waals surface area contributed by atoms with Crippen molar-refractivity contribution >= 4 is 16.0 Å². The van der Waals surface area contributed by atoms with Gasteiger partial charge in [-0.1, -0.05) is 0 Å². The normalized spacial score (nSPS) is 11.3. The van der Waals surface area contributed by atoms with Crippen molar-refractivity contribution in [3.63, 3.8) is 0 Å². The molecular weight excluding hydrogens is 287 g/mol. The fraction of sp³-hybridized carbons (Fsp3) is 0.333. The van der Waals surface area contributed by atoms with Gasteiger partial charge in [0.1, 0.15) is 11.9 Å². The minimum absolute atomic E-state index is 0.0217. The van der Waals surface area contributed by atoms with E-state index in [1.165, 1.54) is 7.05 Å². The van der Waals surface area contributed by atoms with E-state index in [1.807, 2.05) is 0 Å². The maximum Gasteiger partial charge on any atom is 0.303 e. The SMILES string of the molecule is CN(CCCC(=O)O)S(=O)(=O)c1ccc(F)c(C#N)c1. The fourth-order valence-electron chi connectivity index (χ4n) is 1.50. The summed E-state index contributed by atoms with van der Waals surface area (Å²) in [7, 11) is -2.57. The molecule has 0 aromatic heterocycles. The predicted octanol–water partition coefficient (Wildman–Crippen LogP) is 1.18. The molecule has 0 aliphatic rings. The van der Waals surface area contributed by atoms with E-state index >= 15 is 0 Å². The Labute approximate surface area is 116 Å². The van der Waals surface area contributed by atoms with Gasteiger partial charge in [-0.2, -0.15) is 5.26 Å². The molecule has 1 N–H and O–H groups in total. The van der Waals surface area contributed by atoms with Gasteiger partial charge >= 0.3 is 5.97 Å². The average Bonchev–Trinajstić information content (AvgIpc) is 2.38. The highest BCUT2D eigenvalue weighted by Gasteiger charge is 2.21. The van der Waals surface area contributed by atoms with Crippen LogP contribution in [0.2, 0.25) is 0 Å². The monoisotopic (exact) mass is 300 g/mol. The Kier molecular flexibility index (Phi) is 5.19. The molecule has 0 heterocycles. The van der Waals surface area contributed by atoms with E-state index in [0.717, 1.165) is 22.5 Å². The molecule has 0 aliphatic heterocycles. The van der Waals surface area contributed by atoms with Crippen molar-refractivity contribution in [3.8, 4) is 6.07 Å². The third kappa shape index (κ3) is 3.76. The Bertz CT molecular complexity index is 652. The summed E-state index contributed by atoms with van der Waals surface area (Å²) in [6, 6.07) is 4.51. The van der Waals surface area contributed by atoms with Crippen LogP contribution in [0.3, 0.4) is 0 Å². The summed E-state index contributed by atoms with van der Waals surface area (Å²) in [5.41, 5.74) is -0.356. The van der Waals surface area contributed by atoms with Crippen LogP contribution in [0.25, 0.3) is 0 Å². The first kappa shape index (κ1) is 16.1. The zero-order valence-corrected chi connectivity index (χ0v) is 11.5. The number of hydrogen-bond donors (Lipinski definition) is 1. The molecule has 1 aromatic rings. The summed E-state index contributed by atoms with van der Waals surface area (Å²) in [6.45, 7) is 0.0217. The number of nitriles is 1. The fourth-order valence-corrected chi connectivity index (χ4v) is 2.74. The zero-order valence-electron chi connectivity index (χ0n) is 10.7. The highest BCUT2D eigenvalue weighted by atomic mass is 32.2. The molecule has 0 fully saturated rings. The van der Waals surface area contributed by atoms with Crippen molar-refractivity contribution in [2.45, 2.75) is 17.7 Å². The van der Waals surface area contributed by atoms with Crippen molar-refractivity contribution < 1.29 is 22.7 Å².